The van der Waals surface area contributed by atoms with Crippen LogP contribution in [-0.2, 0) is 6.18 Å². The van der Waals surface area contributed by atoms with E-state index in [0.717, 1.165) is 25.6 Å². The normalized spacial score (nSPS) is 19.9. The molecule has 0 atom stereocenters. The first-order valence-corrected chi connectivity index (χ1v) is 8.32. The molecule has 4 nitrogen and oxygen atoms in total. The molecule has 0 radical (unpaired) electrons. The first-order valence-electron chi connectivity index (χ1n) is 8.32. The molecule has 24 heavy (non-hydrogen) atoms. The zero-order chi connectivity index (χ0) is 16.7. The molecule has 0 N–H and O–H groups in total. The smallest absolute Gasteiger partial charge is 0.353 e. The number of piperazine rings is 1. The summed E-state index contributed by atoms with van der Waals surface area (Å²) in [5.74, 6) is 0.170. The van der Waals surface area contributed by atoms with Crippen molar-refractivity contribution < 1.29 is 13.2 Å². The van der Waals surface area contributed by atoms with E-state index in [2.05, 4.69) is 14.9 Å². The fourth-order valence-corrected chi connectivity index (χ4v) is 3.24. The molecule has 1 saturated carbocycles. The van der Waals surface area contributed by atoms with E-state index in [1.807, 2.05) is 11.0 Å². The zero-order valence-electron chi connectivity index (χ0n) is 13.3. The topological polar surface area (TPSA) is 32.3 Å². The van der Waals surface area contributed by atoms with Crippen LogP contribution >= 0.6 is 0 Å². The van der Waals surface area contributed by atoms with E-state index in [1.165, 1.54) is 12.8 Å². The molecule has 0 bridgehead atoms. The van der Waals surface area contributed by atoms with Crippen LogP contribution in [0.3, 0.4) is 0 Å². The van der Waals surface area contributed by atoms with Gasteiger partial charge in [-0.15, -0.1) is 0 Å². The van der Waals surface area contributed by atoms with Gasteiger partial charge in [0.15, 0.2) is 0 Å². The molecule has 2 aromatic rings. The number of fused-ring (bicyclic) bond motifs is 1. The Morgan fingerprint density at radius 2 is 1.71 bits per heavy atom. The van der Waals surface area contributed by atoms with Gasteiger partial charge in [0.05, 0.1) is 5.52 Å². The third-order valence-electron chi connectivity index (χ3n) is 4.72. The largest absolute Gasteiger partial charge is 0.451 e. The number of hydrogen-bond donors (Lipinski definition) is 0. The number of rotatable bonds is 3. The zero-order valence-corrected chi connectivity index (χ0v) is 13.3. The van der Waals surface area contributed by atoms with Crippen LogP contribution in [-0.4, -0.2) is 47.6 Å². The Bertz CT molecular complexity index is 734. The number of nitrogens with zero attached hydrogens (tertiary/aromatic N) is 4. The number of alkyl halides is 3. The van der Waals surface area contributed by atoms with Gasteiger partial charge in [0.25, 0.3) is 0 Å². The van der Waals surface area contributed by atoms with Crippen molar-refractivity contribution in [1.29, 1.82) is 0 Å². The minimum absolute atomic E-state index is 0.343. The summed E-state index contributed by atoms with van der Waals surface area (Å²) in [5.41, 5.74) is 0.343. The lowest BCUT2D eigenvalue weighted by atomic mass is 10.2. The molecule has 0 unspecified atom stereocenters. The van der Waals surface area contributed by atoms with Gasteiger partial charge >= 0.3 is 6.18 Å². The molecular formula is C17H19F3N4. The van der Waals surface area contributed by atoms with Gasteiger partial charge in [-0.2, -0.15) is 13.2 Å². The Morgan fingerprint density at radius 1 is 1.00 bits per heavy atom. The third-order valence-corrected chi connectivity index (χ3v) is 4.72. The molecule has 7 heteroatoms. The average Bonchev–Trinajstić information content (AvgIpc) is 3.38. The van der Waals surface area contributed by atoms with Crippen LogP contribution < -0.4 is 4.90 Å². The van der Waals surface area contributed by atoms with Crippen LogP contribution in [0.25, 0.3) is 10.9 Å². The summed E-state index contributed by atoms with van der Waals surface area (Å²) in [7, 11) is 0. The molecule has 1 aliphatic heterocycles. The first kappa shape index (κ1) is 15.6. The van der Waals surface area contributed by atoms with Gasteiger partial charge in [-0.3, -0.25) is 4.90 Å². The van der Waals surface area contributed by atoms with E-state index in [0.29, 0.717) is 29.8 Å². The van der Waals surface area contributed by atoms with E-state index in [1.54, 1.807) is 18.2 Å². The Labute approximate surface area is 138 Å². The van der Waals surface area contributed by atoms with E-state index in [9.17, 15) is 13.2 Å². The summed E-state index contributed by atoms with van der Waals surface area (Å²) in [6.07, 6.45) is -1.91. The molecule has 1 aromatic heterocycles. The molecule has 4 rings (SSSR count). The minimum atomic E-state index is -4.54. The standard InChI is InChI=1S/C17H19F3N4/c18-17(19,20)16-21-14-4-2-1-3-13(14)15(22-16)24-9-7-23(8-10-24)11-12-5-6-12/h1-4,12H,5-11H2. The molecule has 2 heterocycles. The lowest BCUT2D eigenvalue weighted by Gasteiger charge is -2.36. The highest BCUT2D eigenvalue weighted by Gasteiger charge is 2.36. The molecule has 2 aliphatic rings. The monoisotopic (exact) mass is 336 g/mol. The second-order valence-electron chi connectivity index (χ2n) is 6.62. The van der Waals surface area contributed by atoms with Crippen molar-refractivity contribution in [3.05, 3.63) is 30.1 Å². The molecular weight excluding hydrogens is 317 g/mol. The van der Waals surface area contributed by atoms with Crippen LogP contribution in [0.2, 0.25) is 0 Å². The summed E-state index contributed by atoms with van der Waals surface area (Å²) in [5, 5.41) is 0.682. The fraction of sp³-hybridized carbons (Fsp3) is 0.529. The van der Waals surface area contributed by atoms with Crippen LogP contribution in [0.4, 0.5) is 19.0 Å². The van der Waals surface area contributed by atoms with Crippen LogP contribution in [0.15, 0.2) is 24.3 Å². The second-order valence-corrected chi connectivity index (χ2v) is 6.62. The Balaban J connectivity index is 1.62. The van der Waals surface area contributed by atoms with Gasteiger partial charge < -0.3 is 4.90 Å². The first-order chi connectivity index (χ1) is 11.5. The summed E-state index contributed by atoms with van der Waals surface area (Å²) >= 11 is 0. The predicted molar refractivity (Wildman–Crippen MR) is 85.9 cm³/mol. The van der Waals surface area contributed by atoms with E-state index >= 15 is 0 Å². The van der Waals surface area contributed by atoms with Crippen molar-refractivity contribution in [2.75, 3.05) is 37.6 Å². The summed E-state index contributed by atoms with van der Waals surface area (Å²) < 4.78 is 39.4. The number of halogens is 3. The summed E-state index contributed by atoms with van der Waals surface area (Å²) in [6, 6.07) is 6.92. The minimum Gasteiger partial charge on any atom is -0.353 e. The number of benzene rings is 1. The van der Waals surface area contributed by atoms with Crippen molar-refractivity contribution in [2.45, 2.75) is 19.0 Å². The third kappa shape index (κ3) is 3.17. The number of para-hydroxylation sites is 1. The van der Waals surface area contributed by atoms with Crippen molar-refractivity contribution >= 4 is 16.7 Å². The Hall–Kier alpha value is -1.89. The predicted octanol–water partition coefficient (Wildman–Crippen LogP) is 3.18. The van der Waals surface area contributed by atoms with Crippen molar-refractivity contribution in [2.24, 2.45) is 5.92 Å². The van der Waals surface area contributed by atoms with Crippen LogP contribution in [0, 0.1) is 5.92 Å². The van der Waals surface area contributed by atoms with Crippen molar-refractivity contribution in [3.63, 3.8) is 0 Å². The van der Waals surface area contributed by atoms with Crippen LogP contribution in [0.1, 0.15) is 18.7 Å². The van der Waals surface area contributed by atoms with Gasteiger partial charge in [0, 0.05) is 38.1 Å². The molecule has 0 amide bonds. The van der Waals surface area contributed by atoms with Gasteiger partial charge in [-0.05, 0) is 30.9 Å². The maximum absolute atomic E-state index is 13.1. The highest BCUT2D eigenvalue weighted by molar-refractivity contribution is 5.89. The SMILES string of the molecule is FC(F)(F)c1nc(N2CCN(CC3CC3)CC2)c2ccccc2n1. The fourth-order valence-electron chi connectivity index (χ4n) is 3.24. The average molecular weight is 336 g/mol. The highest BCUT2D eigenvalue weighted by atomic mass is 19.4. The van der Waals surface area contributed by atoms with E-state index < -0.39 is 12.0 Å². The lowest BCUT2D eigenvalue weighted by molar-refractivity contribution is -0.144. The van der Waals surface area contributed by atoms with Crippen LogP contribution in [0.5, 0.6) is 0 Å². The molecule has 2 fully saturated rings. The summed E-state index contributed by atoms with van der Waals surface area (Å²) in [4.78, 5) is 11.9. The Kier molecular flexibility index (Phi) is 3.83. The maximum atomic E-state index is 13.1. The Morgan fingerprint density at radius 3 is 2.38 bits per heavy atom. The van der Waals surface area contributed by atoms with Gasteiger partial charge in [-0.25, -0.2) is 9.97 Å². The van der Waals surface area contributed by atoms with Gasteiger partial charge in [0.1, 0.15) is 5.82 Å². The quantitative estimate of drug-likeness (QED) is 0.862. The second kappa shape index (κ2) is 5.88. The van der Waals surface area contributed by atoms with E-state index in [-0.39, 0.29) is 0 Å². The highest BCUT2D eigenvalue weighted by Crippen LogP contribution is 2.33. The molecule has 1 aliphatic carbocycles. The molecule has 1 aromatic carbocycles. The number of hydrogen-bond acceptors (Lipinski definition) is 4. The molecule has 0 spiro atoms. The molecule has 1 saturated heterocycles. The summed E-state index contributed by atoms with van der Waals surface area (Å²) in [6.45, 7) is 4.26. The maximum Gasteiger partial charge on any atom is 0.451 e. The van der Waals surface area contributed by atoms with Crippen molar-refractivity contribution in [1.82, 2.24) is 14.9 Å². The number of anilines is 1. The lowest BCUT2D eigenvalue weighted by Crippen LogP contribution is -2.47. The van der Waals surface area contributed by atoms with Gasteiger partial charge in [-0.1, -0.05) is 12.1 Å². The van der Waals surface area contributed by atoms with Gasteiger partial charge in [0.2, 0.25) is 5.82 Å². The van der Waals surface area contributed by atoms with E-state index in [4.69, 9.17) is 0 Å². The van der Waals surface area contributed by atoms with Crippen molar-refractivity contribution in [3.8, 4) is 0 Å². The number of aromatic nitrogens is 2. The molecule has 128 valence electrons.